The van der Waals surface area contributed by atoms with Crippen LogP contribution in [0.2, 0.25) is 0 Å². The van der Waals surface area contributed by atoms with E-state index in [9.17, 15) is 22.0 Å². The molecule has 3 aliphatic carbocycles. The first-order valence-corrected chi connectivity index (χ1v) is 17.9. The van der Waals surface area contributed by atoms with E-state index in [0.717, 1.165) is 36.2 Å². The van der Waals surface area contributed by atoms with E-state index in [2.05, 4.69) is 11.7 Å². The minimum absolute atomic E-state index is 0.0148. The van der Waals surface area contributed by atoms with Gasteiger partial charge in [-0.1, -0.05) is 57.6 Å². The van der Waals surface area contributed by atoms with Crippen molar-refractivity contribution in [1.29, 1.82) is 0 Å². The smallest absolute Gasteiger partial charge is 0.409 e. The molecule has 0 atom stereocenters. The lowest BCUT2D eigenvalue weighted by Crippen LogP contribution is -2.37. The summed E-state index contributed by atoms with van der Waals surface area (Å²) < 4.78 is 116. The summed E-state index contributed by atoms with van der Waals surface area (Å²) in [6, 6.07) is 6.36. The average molecular weight is 685 g/mol. The minimum Gasteiger partial charge on any atom is -0.432 e. The molecule has 2 aromatic carbocycles. The van der Waals surface area contributed by atoms with E-state index in [4.69, 9.17) is 0 Å². The second kappa shape index (κ2) is 16.0. The zero-order valence-corrected chi connectivity index (χ0v) is 27.8. The molecule has 9 heteroatoms. The third-order valence-electron chi connectivity index (χ3n) is 11.4. The van der Waals surface area contributed by atoms with Crippen LogP contribution in [0.25, 0.3) is 6.08 Å². The molecule has 0 heterocycles. The molecule has 0 bridgehead atoms. The van der Waals surface area contributed by atoms with Crippen LogP contribution in [-0.4, -0.2) is 12.3 Å². The number of hydrogen-bond donors (Lipinski definition) is 0. The molecule has 0 aliphatic heterocycles. The van der Waals surface area contributed by atoms with Crippen LogP contribution in [0.15, 0.2) is 36.4 Å². The third kappa shape index (κ3) is 9.56. The van der Waals surface area contributed by atoms with Crippen LogP contribution in [0.3, 0.4) is 0 Å². The van der Waals surface area contributed by atoms with Crippen LogP contribution in [-0.2, 0) is 0 Å². The molecule has 0 unspecified atom stereocenters. The zero-order valence-electron chi connectivity index (χ0n) is 27.8. The third-order valence-corrected chi connectivity index (χ3v) is 11.4. The maximum atomic E-state index is 15.4. The van der Waals surface area contributed by atoms with Gasteiger partial charge in [-0.05, 0) is 117 Å². The molecule has 3 saturated carbocycles. The van der Waals surface area contributed by atoms with E-state index in [-0.39, 0.29) is 36.7 Å². The second-order valence-corrected chi connectivity index (χ2v) is 14.6. The molecular weight excluding hydrogens is 636 g/mol. The van der Waals surface area contributed by atoms with E-state index >= 15 is 13.2 Å². The topological polar surface area (TPSA) is 9.23 Å². The average Bonchev–Trinajstić information content (AvgIpc) is 3.04. The maximum absolute atomic E-state index is 15.4. The number of hydrogen-bond acceptors (Lipinski definition) is 1. The standard InChI is InChI=1S/C39H48F8O/c1-2-3-4-5-25-6-8-26(9-7-25)27-10-12-28(13-11-27)30-16-19-33(35(40)22-30)29-14-17-31(18-15-29)39(46,47)48-32-23-36(41)34(37(42)24-32)20-21-38(43,44)45/h16,19-29,31H,2-15,17-18H2,1H3. The first-order chi connectivity index (χ1) is 22.8. The number of rotatable bonds is 11. The van der Waals surface area contributed by atoms with Gasteiger partial charge in [0.05, 0.1) is 5.92 Å². The van der Waals surface area contributed by atoms with Gasteiger partial charge in [0, 0.05) is 23.8 Å². The first-order valence-electron chi connectivity index (χ1n) is 17.9. The van der Waals surface area contributed by atoms with Gasteiger partial charge in [-0.15, -0.1) is 0 Å². The van der Waals surface area contributed by atoms with E-state index in [0.29, 0.717) is 36.5 Å². The fourth-order valence-electron chi connectivity index (χ4n) is 8.62. The molecular formula is C39H48F8O. The molecule has 0 saturated heterocycles. The molecule has 0 amide bonds. The normalized spacial score (nSPS) is 27.4. The van der Waals surface area contributed by atoms with E-state index in [1.54, 1.807) is 6.07 Å². The number of allylic oxidation sites excluding steroid dienone is 1. The van der Waals surface area contributed by atoms with Crippen LogP contribution in [0, 0.1) is 41.1 Å². The summed E-state index contributed by atoms with van der Waals surface area (Å²) >= 11 is 0. The molecule has 266 valence electrons. The molecule has 2 aromatic rings. The van der Waals surface area contributed by atoms with Gasteiger partial charge in [0.1, 0.15) is 23.2 Å². The van der Waals surface area contributed by atoms with Gasteiger partial charge in [0.15, 0.2) is 0 Å². The Balaban J connectivity index is 1.10. The summed E-state index contributed by atoms with van der Waals surface area (Å²) in [5, 5.41) is 0. The molecule has 0 radical (unpaired) electrons. The van der Waals surface area contributed by atoms with Crippen molar-refractivity contribution in [3.63, 3.8) is 0 Å². The number of benzene rings is 2. The van der Waals surface area contributed by atoms with Gasteiger partial charge in [-0.3, -0.25) is 0 Å². The van der Waals surface area contributed by atoms with Crippen molar-refractivity contribution >= 4 is 6.08 Å². The van der Waals surface area contributed by atoms with Crippen molar-refractivity contribution in [3.8, 4) is 5.75 Å². The highest BCUT2D eigenvalue weighted by atomic mass is 19.4. The number of unbranched alkanes of at least 4 members (excludes halogenated alkanes) is 2. The van der Waals surface area contributed by atoms with Crippen molar-refractivity contribution in [3.05, 3.63) is 70.5 Å². The van der Waals surface area contributed by atoms with Gasteiger partial charge in [-0.2, -0.15) is 22.0 Å². The summed E-state index contributed by atoms with van der Waals surface area (Å²) in [4.78, 5) is 0. The zero-order chi connectivity index (χ0) is 34.5. The number of halogens is 8. The van der Waals surface area contributed by atoms with Gasteiger partial charge < -0.3 is 4.74 Å². The SMILES string of the molecule is CCCCCC1CCC(C2CCC(c3ccc(C4CCC(C(F)(F)Oc5cc(F)c(C=CC(F)(F)F)c(F)c5)CC4)c(F)c3)CC2)CC1. The van der Waals surface area contributed by atoms with Gasteiger partial charge in [0.25, 0.3) is 0 Å². The monoisotopic (exact) mass is 684 g/mol. The van der Waals surface area contributed by atoms with Crippen LogP contribution < -0.4 is 4.74 Å². The highest BCUT2D eigenvalue weighted by Gasteiger charge is 2.44. The fraction of sp³-hybridized carbons (Fsp3) is 0.641. The lowest BCUT2D eigenvalue weighted by molar-refractivity contribution is -0.222. The van der Waals surface area contributed by atoms with Crippen LogP contribution in [0.5, 0.6) is 5.75 Å². The molecule has 0 aromatic heterocycles. The number of alkyl halides is 5. The van der Waals surface area contributed by atoms with Crippen molar-refractivity contribution in [1.82, 2.24) is 0 Å². The van der Waals surface area contributed by atoms with Crippen LogP contribution >= 0.6 is 0 Å². The molecule has 48 heavy (non-hydrogen) atoms. The summed E-state index contributed by atoms with van der Waals surface area (Å²) in [6.07, 6.45) is 7.26. The lowest BCUT2D eigenvalue weighted by Gasteiger charge is -2.38. The molecule has 3 aliphatic rings. The maximum Gasteiger partial charge on any atom is 0.409 e. The highest BCUT2D eigenvalue weighted by molar-refractivity contribution is 5.53. The van der Waals surface area contributed by atoms with Crippen molar-refractivity contribution in [2.45, 2.75) is 134 Å². The molecule has 1 nitrogen and oxygen atoms in total. The Bertz CT molecular complexity index is 1340. The van der Waals surface area contributed by atoms with Crippen molar-refractivity contribution in [2.75, 3.05) is 0 Å². The Kier molecular flexibility index (Phi) is 12.2. The highest BCUT2D eigenvalue weighted by Crippen LogP contribution is 2.47. The van der Waals surface area contributed by atoms with Crippen LogP contribution in [0.1, 0.15) is 138 Å². The predicted molar refractivity (Wildman–Crippen MR) is 172 cm³/mol. The Morgan fingerprint density at radius 3 is 1.83 bits per heavy atom. The molecule has 0 N–H and O–H groups in total. The number of ether oxygens (including phenoxy) is 1. The first kappa shape index (κ1) is 36.7. The van der Waals surface area contributed by atoms with Gasteiger partial charge >= 0.3 is 12.3 Å². The Hall–Kier alpha value is -2.58. The Morgan fingerprint density at radius 1 is 0.688 bits per heavy atom. The van der Waals surface area contributed by atoms with Crippen molar-refractivity contribution in [2.24, 2.45) is 23.7 Å². The minimum atomic E-state index is -4.80. The quantitative estimate of drug-likeness (QED) is 0.169. The van der Waals surface area contributed by atoms with E-state index in [1.165, 1.54) is 64.2 Å². The van der Waals surface area contributed by atoms with E-state index in [1.807, 2.05) is 12.1 Å². The predicted octanol–water partition coefficient (Wildman–Crippen LogP) is 13.3. The van der Waals surface area contributed by atoms with E-state index < -0.39 is 41.2 Å². The molecule has 0 spiro atoms. The van der Waals surface area contributed by atoms with Gasteiger partial charge in [-0.25, -0.2) is 13.2 Å². The largest absolute Gasteiger partial charge is 0.432 e. The molecule has 5 rings (SSSR count). The lowest BCUT2D eigenvalue weighted by atomic mass is 9.68. The second-order valence-electron chi connectivity index (χ2n) is 14.6. The van der Waals surface area contributed by atoms with Gasteiger partial charge in [0.2, 0.25) is 0 Å². The molecule has 3 fully saturated rings. The fourth-order valence-corrected chi connectivity index (χ4v) is 8.62. The Labute approximate surface area is 279 Å². The summed E-state index contributed by atoms with van der Waals surface area (Å²) in [6.45, 7) is 2.26. The summed E-state index contributed by atoms with van der Waals surface area (Å²) in [5.74, 6) is -2.66. The van der Waals surface area contributed by atoms with Crippen molar-refractivity contribution < 1.29 is 39.9 Å². The van der Waals surface area contributed by atoms with Crippen LogP contribution in [0.4, 0.5) is 35.1 Å². The summed E-state index contributed by atoms with van der Waals surface area (Å²) in [5.41, 5.74) is 0.537. The Morgan fingerprint density at radius 2 is 1.27 bits per heavy atom. The summed E-state index contributed by atoms with van der Waals surface area (Å²) in [7, 11) is 0.